The van der Waals surface area contributed by atoms with Crippen LogP contribution in [0.5, 0.6) is 0 Å². The highest BCUT2D eigenvalue weighted by Crippen LogP contribution is 2.14. The Morgan fingerprint density at radius 2 is 2.31 bits per heavy atom. The molecule has 0 aliphatic heterocycles. The lowest BCUT2D eigenvalue weighted by atomic mass is 10.1. The molecule has 2 rings (SSSR count). The summed E-state index contributed by atoms with van der Waals surface area (Å²) in [7, 11) is 0. The third-order valence-corrected chi connectivity index (χ3v) is 2.37. The van der Waals surface area contributed by atoms with E-state index in [1.54, 1.807) is 6.20 Å². The standard InChI is InChI=1S/C10H13N3/c1-3-8-6-13-9(11)5-12-10(13)4-7(8)2/h4-6H,3,11H2,1-2H3. The van der Waals surface area contributed by atoms with Gasteiger partial charge in [-0.2, -0.15) is 0 Å². The van der Waals surface area contributed by atoms with Crippen LogP contribution in [0.15, 0.2) is 18.5 Å². The third kappa shape index (κ3) is 1.16. The van der Waals surface area contributed by atoms with Crippen molar-refractivity contribution in [3.05, 3.63) is 29.6 Å². The van der Waals surface area contributed by atoms with E-state index in [0.29, 0.717) is 5.82 Å². The molecule has 0 atom stereocenters. The summed E-state index contributed by atoms with van der Waals surface area (Å²) < 4.78 is 1.92. The molecule has 0 amide bonds. The van der Waals surface area contributed by atoms with Gasteiger partial charge in [-0.1, -0.05) is 6.92 Å². The van der Waals surface area contributed by atoms with Gasteiger partial charge >= 0.3 is 0 Å². The number of nitrogens with two attached hydrogens (primary N) is 1. The number of hydrogen-bond donors (Lipinski definition) is 1. The van der Waals surface area contributed by atoms with Crippen LogP contribution < -0.4 is 5.73 Å². The largest absolute Gasteiger partial charge is 0.383 e. The molecule has 0 unspecified atom stereocenters. The number of rotatable bonds is 1. The minimum atomic E-state index is 0.699. The molecule has 2 aromatic heterocycles. The molecule has 0 aliphatic rings. The molecule has 0 fully saturated rings. The van der Waals surface area contributed by atoms with Crippen molar-refractivity contribution in [1.29, 1.82) is 0 Å². The SMILES string of the molecule is CCc1cn2c(N)cnc2cc1C. The second-order valence-corrected chi connectivity index (χ2v) is 3.25. The monoisotopic (exact) mass is 175 g/mol. The number of anilines is 1. The summed E-state index contributed by atoms with van der Waals surface area (Å²) in [5.74, 6) is 0.699. The molecule has 0 aliphatic carbocycles. The van der Waals surface area contributed by atoms with E-state index in [-0.39, 0.29) is 0 Å². The third-order valence-electron chi connectivity index (χ3n) is 2.37. The molecule has 2 heterocycles. The van der Waals surface area contributed by atoms with Crippen LogP contribution in [0.4, 0.5) is 5.82 Å². The molecule has 3 nitrogen and oxygen atoms in total. The van der Waals surface area contributed by atoms with Gasteiger partial charge in [0.2, 0.25) is 0 Å². The van der Waals surface area contributed by atoms with E-state index in [2.05, 4.69) is 31.1 Å². The number of hydrogen-bond acceptors (Lipinski definition) is 2. The number of aryl methyl sites for hydroxylation is 2. The highest BCUT2D eigenvalue weighted by atomic mass is 15.1. The smallest absolute Gasteiger partial charge is 0.138 e. The molecule has 2 N–H and O–H groups in total. The molecule has 0 saturated heterocycles. The second-order valence-electron chi connectivity index (χ2n) is 3.25. The Hall–Kier alpha value is -1.51. The molecule has 0 aromatic carbocycles. The Labute approximate surface area is 77.2 Å². The Morgan fingerprint density at radius 3 is 3.00 bits per heavy atom. The van der Waals surface area contributed by atoms with Gasteiger partial charge in [-0.3, -0.25) is 4.40 Å². The number of pyridine rings is 1. The Bertz CT molecular complexity index is 443. The quantitative estimate of drug-likeness (QED) is 0.718. The van der Waals surface area contributed by atoms with E-state index in [9.17, 15) is 0 Å². The Balaban J connectivity index is 2.77. The molecular formula is C10H13N3. The maximum Gasteiger partial charge on any atom is 0.138 e. The van der Waals surface area contributed by atoms with Crippen LogP contribution in [-0.4, -0.2) is 9.38 Å². The molecule has 0 radical (unpaired) electrons. The van der Waals surface area contributed by atoms with Gasteiger partial charge in [0, 0.05) is 6.20 Å². The number of nitrogen functional groups attached to an aromatic ring is 1. The van der Waals surface area contributed by atoms with Crippen LogP contribution >= 0.6 is 0 Å². The van der Waals surface area contributed by atoms with Gasteiger partial charge in [-0.15, -0.1) is 0 Å². The summed E-state index contributed by atoms with van der Waals surface area (Å²) in [4.78, 5) is 4.19. The minimum absolute atomic E-state index is 0.699. The van der Waals surface area contributed by atoms with Crippen molar-refractivity contribution >= 4 is 11.5 Å². The topological polar surface area (TPSA) is 43.3 Å². The van der Waals surface area contributed by atoms with Crippen molar-refractivity contribution < 1.29 is 0 Å². The van der Waals surface area contributed by atoms with Gasteiger partial charge in [0.15, 0.2) is 0 Å². The molecule has 0 saturated carbocycles. The highest BCUT2D eigenvalue weighted by Gasteiger charge is 2.02. The Morgan fingerprint density at radius 1 is 1.54 bits per heavy atom. The van der Waals surface area contributed by atoms with Crippen LogP contribution in [0.3, 0.4) is 0 Å². The molecule has 0 spiro atoms. The molecule has 0 bridgehead atoms. The second kappa shape index (κ2) is 2.76. The summed E-state index contributed by atoms with van der Waals surface area (Å²) >= 11 is 0. The molecule has 2 aromatic rings. The van der Waals surface area contributed by atoms with Gasteiger partial charge in [0.05, 0.1) is 6.20 Å². The molecule has 68 valence electrons. The van der Waals surface area contributed by atoms with E-state index >= 15 is 0 Å². The highest BCUT2D eigenvalue weighted by molar-refractivity contribution is 5.51. The van der Waals surface area contributed by atoms with Crippen molar-refractivity contribution in [2.75, 3.05) is 5.73 Å². The normalized spacial score (nSPS) is 10.9. The number of nitrogens with zero attached hydrogens (tertiary/aromatic N) is 2. The Kier molecular flexibility index (Phi) is 1.72. The van der Waals surface area contributed by atoms with Crippen molar-refractivity contribution in [2.24, 2.45) is 0 Å². The minimum Gasteiger partial charge on any atom is -0.383 e. The summed E-state index contributed by atoms with van der Waals surface area (Å²) in [6, 6.07) is 2.06. The first-order valence-electron chi connectivity index (χ1n) is 4.44. The maximum atomic E-state index is 5.75. The first kappa shape index (κ1) is 8.10. The lowest BCUT2D eigenvalue weighted by Crippen LogP contribution is -1.96. The lowest BCUT2D eigenvalue weighted by molar-refractivity contribution is 1.05. The first-order valence-corrected chi connectivity index (χ1v) is 4.44. The zero-order valence-electron chi connectivity index (χ0n) is 7.91. The predicted octanol–water partition coefficient (Wildman–Crippen LogP) is 1.79. The van der Waals surface area contributed by atoms with Crippen LogP contribution in [0.1, 0.15) is 18.1 Å². The summed E-state index contributed by atoms with van der Waals surface area (Å²) in [6.07, 6.45) is 4.78. The van der Waals surface area contributed by atoms with Crippen molar-refractivity contribution in [3.63, 3.8) is 0 Å². The number of imidazole rings is 1. The van der Waals surface area contributed by atoms with E-state index in [0.717, 1.165) is 12.1 Å². The molecule has 3 heteroatoms. The fourth-order valence-electron chi connectivity index (χ4n) is 1.55. The van der Waals surface area contributed by atoms with Gasteiger partial charge < -0.3 is 5.73 Å². The van der Waals surface area contributed by atoms with E-state index in [1.165, 1.54) is 11.1 Å². The van der Waals surface area contributed by atoms with Crippen molar-refractivity contribution in [1.82, 2.24) is 9.38 Å². The lowest BCUT2D eigenvalue weighted by Gasteiger charge is -2.04. The van der Waals surface area contributed by atoms with Crippen molar-refractivity contribution in [3.8, 4) is 0 Å². The van der Waals surface area contributed by atoms with Crippen LogP contribution in [0.2, 0.25) is 0 Å². The van der Waals surface area contributed by atoms with E-state index in [1.807, 2.05) is 4.40 Å². The van der Waals surface area contributed by atoms with Crippen LogP contribution in [0.25, 0.3) is 5.65 Å². The van der Waals surface area contributed by atoms with Gasteiger partial charge in [0.25, 0.3) is 0 Å². The fourth-order valence-corrected chi connectivity index (χ4v) is 1.55. The number of fused-ring (bicyclic) bond motifs is 1. The van der Waals surface area contributed by atoms with Crippen LogP contribution in [-0.2, 0) is 6.42 Å². The zero-order chi connectivity index (χ0) is 9.42. The summed E-state index contributed by atoms with van der Waals surface area (Å²) in [5.41, 5.74) is 9.27. The van der Waals surface area contributed by atoms with Gasteiger partial charge in [-0.25, -0.2) is 4.98 Å². The van der Waals surface area contributed by atoms with Gasteiger partial charge in [-0.05, 0) is 30.5 Å². The van der Waals surface area contributed by atoms with E-state index < -0.39 is 0 Å². The summed E-state index contributed by atoms with van der Waals surface area (Å²) in [6.45, 7) is 4.24. The number of aromatic nitrogens is 2. The zero-order valence-corrected chi connectivity index (χ0v) is 7.91. The first-order chi connectivity index (χ1) is 6.22. The van der Waals surface area contributed by atoms with E-state index in [4.69, 9.17) is 5.73 Å². The summed E-state index contributed by atoms with van der Waals surface area (Å²) in [5, 5.41) is 0. The molecular weight excluding hydrogens is 162 g/mol. The average Bonchev–Trinajstić information content (AvgIpc) is 2.46. The van der Waals surface area contributed by atoms with Crippen LogP contribution in [0, 0.1) is 6.92 Å². The van der Waals surface area contributed by atoms with Crippen molar-refractivity contribution in [2.45, 2.75) is 20.3 Å². The fraction of sp³-hybridized carbons (Fsp3) is 0.300. The predicted molar refractivity (Wildman–Crippen MR) is 53.7 cm³/mol. The average molecular weight is 175 g/mol. The molecule has 13 heavy (non-hydrogen) atoms. The van der Waals surface area contributed by atoms with Gasteiger partial charge in [0.1, 0.15) is 11.5 Å². The maximum absolute atomic E-state index is 5.75.